The Hall–Kier alpha value is -1.95. The first-order valence-electron chi connectivity index (χ1n) is 17.4. The van der Waals surface area contributed by atoms with Gasteiger partial charge in [-0.25, -0.2) is 19.1 Å². The summed E-state index contributed by atoms with van der Waals surface area (Å²) in [6, 6.07) is 5.67. The van der Waals surface area contributed by atoms with Gasteiger partial charge in [0.2, 0.25) is 11.6 Å². The van der Waals surface area contributed by atoms with Gasteiger partial charge < -0.3 is 43.5 Å². The van der Waals surface area contributed by atoms with E-state index in [0.717, 1.165) is 30.0 Å². The van der Waals surface area contributed by atoms with Crippen molar-refractivity contribution in [1.82, 2.24) is 10.2 Å². The Morgan fingerprint density at radius 3 is 1.78 bits per heavy atom. The summed E-state index contributed by atoms with van der Waals surface area (Å²) in [6.07, 6.45) is 21.8. The third-order valence-corrected chi connectivity index (χ3v) is 7.67. The lowest BCUT2D eigenvalue weighted by atomic mass is 10.0. The van der Waals surface area contributed by atoms with Gasteiger partial charge in [-0.1, -0.05) is 103 Å². The number of halogens is 1. The molecule has 0 aliphatic heterocycles. The molecule has 0 aromatic carbocycles. The molecule has 9 nitrogen and oxygen atoms in total. The van der Waals surface area contributed by atoms with Crippen LogP contribution in [-0.2, 0) is 32.1 Å². The summed E-state index contributed by atoms with van der Waals surface area (Å²) in [4.78, 5) is 37.4. The number of aryl methyl sites for hydroxylation is 1. The number of hydrogen-bond donors (Lipinski definition) is 1. The highest BCUT2D eigenvalue weighted by Gasteiger charge is 2.23. The highest BCUT2D eigenvalue weighted by atomic mass is 127. The van der Waals surface area contributed by atoms with E-state index in [4.69, 9.17) is 14.2 Å². The molecule has 0 spiro atoms. The number of imide groups is 1. The number of nitrogens with one attached hydrogen (secondary N) is 1. The lowest BCUT2D eigenvalue weighted by molar-refractivity contribution is -0.701. The summed E-state index contributed by atoms with van der Waals surface area (Å²) in [5, 5.41) is 2.82. The molecule has 0 aliphatic carbocycles. The molecule has 0 radical (unpaired) electrons. The molecule has 1 aromatic rings. The van der Waals surface area contributed by atoms with Gasteiger partial charge in [0.1, 0.15) is 13.1 Å². The maximum atomic E-state index is 12.4. The zero-order valence-corrected chi connectivity index (χ0v) is 30.7. The first-order chi connectivity index (χ1) is 21.5. The van der Waals surface area contributed by atoms with E-state index in [1.807, 2.05) is 35.9 Å². The maximum absolute atomic E-state index is 12.4. The summed E-state index contributed by atoms with van der Waals surface area (Å²) < 4.78 is 18.0. The van der Waals surface area contributed by atoms with Crippen LogP contribution >= 0.6 is 0 Å². The minimum Gasteiger partial charge on any atom is -1.00 e. The van der Waals surface area contributed by atoms with Crippen molar-refractivity contribution >= 4 is 18.1 Å². The summed E-state index contributed by atoms with van der Waals surface area (Å²) >= 11 is 0. The van der Waals surface area contributed by atoms with Crippen molar-refractivity contribution in [3.63, 3.8) is 0 Å². The number of pyridine rings is 1. The first-order valence-corrected chi connectivity index (χ1v) is 17.4. The van der Waals surface area contributed by atoms with E-state index in [1.165, 1.54) is 90.4 Å². The number of rotatable bonds is 27. The lowest BCUT2D eigenvalue weighted by Crippen LogP contribution is -3.00. The Labute approximate surface area is 290 Å². The highest BCUT2D eigenvalue weighted by Crippen LogP contribution is 2.13. The number of ether oxygens (including phenoxy) is 3. The molecule has 260 valence electrons. The number of hydrogen-bond acceptors (Lipinski definition) is 6. The number of alkyl carbamates (subject to hydrolysis) is 1. The van der Waals surface area contributed by atoms with Gasteiger partial charge in [0.05, 0.1) is 13.2 Å². The number of amides is 3. The standard InChI is InChI=1S/C35H61N3O6.HI/c1-4-6-7-8-9-10-11-12-13-14-15-16-17-18-20-25-36-34(40)43-29-22-27-42-28-23-30-44-35(41)38(32(3)39)31-33-24-19-21-26-37(33)5-2;/h19,21,24,26H,4-18,20,22-23,25,27-31H2,1-3H3;1H. The highest BCUT2D eigenvalue weighted by molar-refractivity contribution is 5.90. The number of aromatic nitrogens is 1. The topological polar surface area (TPSA) is 98.1 Å². The van der Waals surface area contributed by atoms with Crippen molar-refractivity contribution in [3.8, 4) is 0 Å². The van der Waals surface area contributed by atoms with Gasteiger partial charge in [-0.2, -0.15) is 0 Å². The number of carbonyl (C=O) groups is 3. The van der Waals surface area contributed by atoms with E-state index >= 15 is 0 Å². The van der Waals surface area contributed by atoms with Crippen molar-refractivity contribution in [2.24, 2.45) is 0 Å². The number of nitrogens with zero attached hydrogens (tertiary/aromatic N) is 2. The van der Waals surface area contributed by atoms with Crippen LogP contribution in [0.3, 0.4) is 0 Å². The fourth-order valence-corrected chi connectivity index (χ4v) is 4.99. The lowest BCUT2D eigenvalue weighted by Gasteiger charge is -2.17. The smallest absolute Gasteiger partial charge is 0.417 e. The second-order valence-electron chi connectivity index (χ2n) is 11.5. The summed E-state index contributed by atoms with van der Waals surface area (Å²) in [5.41, 5.74) is 0.853. The van der Waals surface area contributed by atoms with Gasteiger partial charge in [0.15, 0.2) is 6.20 Å². The van der Waals surface area contributed by atoms with E-state index in [9.17, 15) is 14.4 Å². The molecule has 10 heteroatoms. The van der Waals surface area contributed by atoms with Crippen molar-refractivity contribution in [1.29, 1.82) is 0 Å². The van der Waals surface area contributed by atoms with Crippen molar-refractivity contribution < 1.29 is 57.1 Å². The van der Waals surface area contributed by atoms with E-state index < -0.39 is 6.09 Å². The summed E-state index contributed by atoms with van der Waals surface area (Å²) in [7, 11) is 0. The van der Waals surface area contributed by atoms with Gasteiger partial charge in [-0.3, -0.25) is 4.79 Å². The van der Waals surface area contributed by atoms with Crippen LogP contribution < -0.4 is 33.9 Å². The number of unbranched alkanes of at least 4 members (excludes halogenated alkanes) is 14. The second-order valence-corrected chi connectivity index (χ2v) is 11.5. The van der Waals surface area contributed by atoms with Crippen LogP contribution in [0.25, 0.3) is 0 Å². The van der Waals surface area contributed by atoms with E-state index in [-0.39, 0.29) is 49.1 Å². The first kappa shape index (κ1) is 43.0. The quantitative estimate of drug-likeness (QED) is 0.0784. The molecule has 0 fully saturated rings. The van der Waals surface area contributed by atoms with Crippen molar-refractivity contribution in [2.45, 2.75) is 143 Å². The molecule has 3 amide bonds. The predicted molar refractivity (Wildman–Crippen MR) is 174 cm³/mol. The fourth-order valence-electron chi connectivity index (χ4n) is 4.99. The SMILES string of the molecule is CCCCCCCCCCCCCCCCCNC(=O)OCCCOCCCOC(=O)N(Cc1cccc[n+]1CC)C(C)=O.[I-]. The Morgan fingerprint density at radius 2 is 1.24 bits per heavy atom. The molecule has 0 aliphatic rings. The van der Waals surface area contributed by atoms with Crippen LogP contribution in [0, 0.1) is 0 Å². The van der Waals surface area contributed by atoms with E-state index in [2.05, 4.69) is 12.2 Å². The molecule has 45 heavy (non-hydrogen) atoms. The van der Waals surface area contributed by atoms with Crippen molar-refractivity contribution in [3.05, 3.63) is 30.1 Å². The van der Waals surface area contributed by atoms with Crippen LogP contribution in [0.2, 0.25) is 0 Å². The Kier molecular flexibility index (Phi) is 29.4. The second kappa shape index (κ2) is 30.7. The predicted octanol–water partition coefficient (Wildman–Crippen LogP) is 4.88. The molecule has 1 aromatic heterocycles. The van der Waals surface area contributed by atoms with Gasteiger partial charge in [-0.05, 0) is 13.3 Å². The Bertz CT molecular complexity index is 889. The van der Waals surface area contributed by atoms with Crippen LogP contribution in [0.5, 0.6) is 0 Å². The van der Waals surface area contributed by atoms with Gasteiger partial charge in [0, 0.05) is 51.7 Å². The third-order valence-electron chi connectivity index (χ3n) is 7.67. The van der Waals surface area contributed by atoms with Crippen LogP contribution in [0.4, 0.5) is 9.59 Å². The normalized spacial score (nSPS) is 10.6. The average molecular weight is 748 g/mol. The summed E-state index contributed by atoms with van der Waals surface area (Å²) in [5.74, 6) is -0.364. The van der Waals surface area contributed by atoms with Gasteiger partial charge in [0.25, 0.3) is 0 Å². The summed E-state index contributed by atoms with van der Waals surface area (Å²) in [6.45, 7) is 8.49. The zero-order valence-electron chi connectivity index (χ0n) is 28.5. The van der Waals surface area contributed by atoms with E-state index in [0.29, 0.717) is 39.2 Å². The van der Waals surface area contributed by atoms with Crippen LogP contribution in [-0.4, -0.2) is 56.0 Å². The Morgan fingerprint density at radius 1 is 0.711 bits per heavy atom. The molecular weight excluding hydrogens is 685 g/mol. The van der Waals surface area contributed by atoms with Crippen LogP contribution in [0.15, 0.2) is 24.4 Å². The monoisotopic (exact) mass is 747 g/mol. The molecule has 1 rings (SSSR count). The molecular formula is C35H62IN3O6. The minimum atomic E-state index is -0.659. The van der Waals surface area contributed by atoms with Gasteiger partial charge in [-0.15, -0.1) is 0 Å². The van der Waals surface area contributed by atoms with Crippen molar-refractivity contribution in [2.75, 3.05) is 33.0 Å². The average Bonchev–Trinajstić information content (AvgIpc) is 3.02. The fraction of sp³-hybridized carbons (Fsp3) is 0.771. The molecule has 0 bridgehead atoms. The number of carbonyl (C=O) groups excluding carboxylic acids is 3. The molecule has 0 saturated carbocycles. The van der Waals surface area contributed by atoms with Gasteiger partial charge >= 0.3 is 12.2 Å². The molecule has 0 unspecified atom stereocenters. The third kappa shape index (κ3) is 24.0. The molecule has 0 saturated heterocycles. The van der Waals surface area contributed by atoms with Crippen LogP contribution in [0.1, 0.15) is 136 Å². The van der Waals surface area contributed by atoms with E-state index in [1.54, 1.807) is 0 Å². The zero-order chi connectivity index (χ0) is 32.1. The molecule has 1 heterocycles. The molecule has 1 N–H and O–H groups in total. The maximum Gasteiger partial charge on any atom is 0.417 e. The molecule has 0 atom stereocenters. The Balaban J connectivity index is 0.0000194. The minimum absolute atomic E-state index is 0. The largest absolute Gasteiger partial charge is 1.00 e.